The zero-order valence-corrected chi connectivity index (χ0v) is 16.0. The summed E-state index contributed by atoms with van der Waals surface area (Å²) in [5, 5.41) is 3.53. The summed E-state index contributed by atoms with van der Waals surface area (Å²) in [6.07, 6.45) is 8.24. The van der Waals surface area contributed by atoms with Gasteiger partial charge < -0.3 is 15.1 Å². The zero-order valence-electron chi connectivity index (χ0n) is 16.0. The molecule has 140 valence electrons. The van der Waals surface area contributed by atoms with Gasteiger partial charge in [0.15, 0.2) is 0 Å². The number of benzene rings is 1. The molecule has 1 aromatic carbocycles. The number of rotatable bonds is 2. The number of carbonyl (C=O) groups is 1. The first-order valence-corrected chi connectivity index (χ1v) is 10.6. The molecular formula is C22H31N3O. The van der Waals surface area contributed by atoms with Gasteiger partial charge in [0.1, 0.15) is 0 Å². The molecule has 26 heavy (non-hydrogen) atoms. The monoisotopic (exact) mass is 353 g/mol. The van der Waals surface area contributed by atoms with Crippen molar-refractivity contribution in [3.05, 3.63) is 29.3 Å². The lowest BCUT2D eigenvalue weighted by molar-refractivity contribution is -0.120. The Morgan fingerprint density at radius 2 is 1.85 bits per heavy atom. The second kappa shape index (κ2) is 6.35. The number of hydrogen-bond acceptors (Lipinski definition) is 3. The molecule has 0 bridgehead atoms. The van der Waals surface area contributed by atoms with E-state index >= 15 is 0 Å². The molecule has 1 aliphatic carbocycles. The van der Waals surface area contributed by atoms with E-state index in [2.05, 4.69) is 40.2 Å². The van der Waals surface area contributed by atoms with Gasteiger partial charge >= 0.3 is 0 Å². The van der Waals surface area contributed by atoms with E-state index in [1.807, 2.05) is 0 Å². The minimum absolute atomic E-state index is 0.147. The van der Waals surface area contributed by atoms with Crippen LogP contribution >= 0.6 is 0 Å². The van der Waals surface area contributed by atoms with E-state index in [4.69, 9.17) is 0 Å². The van der Waals surface area contributed by atoms with E-state index in [1.165, 1.54) is 42.6 Å². The fraction of sp³-hybridized carbons (Fsp3) is 0.682. The fourth-order valence-electron chi connectivity index (χ4n) is 5.54. The SMILES string of the molecule is Cc1ccc2c(c1)C1(CC1)C(=O)N2C1CCN(C2CCCNCC2)CC1. The molecule has 3 aliphatic heterocycles. The Morgan fingerprint density at radius 3 is 2.62 bits per heavy atom. The van der Waals surface area contributed by atoms with Crippen LogP contribution in [0.2, 0.25) is 0 Å². The summed E-state index contributed by atoms with van der Waals surface area (Å²) in [6, 6.07) is 7.79. The molecule has 0 radical (unpaired) electrons. The van der Waals surface area contributed by atoms with Crippen molar-refractivity contribution in [2.45, 2.75) is 69.4 Å². The highest BCUT2D eigenvalue weighted by Crippen LogP contribution is 2.58. The van der Waals surface area contributed by atoms with Gasteiger partial charge in [-0.05, 0) is 76.6 Å². The van der Waals surface area contributed by atoms with Gasteiger partial charge in [0.25, 0.3) is 0 Å². The van der Waals surface area contributed by atoms with Gasteiger partial charge in [-0.15, -0.1) is 0 Å². The molecular weight excluding hydrogens is 322 g/mol. The maximum atomic E-state index is 13.3. The van der Waals surface area contributed by atoms with Gasteiger partial charge in [-0.25, -0.2) is 0 Å². The number of aryl methyl sites for hydroxylation is 1. The van der Waals surface area contributed by atoms with Gasteiger partial charge in [-0.2, -0.15) is 0 Å². The first-order chi connectivity index (χ1) is 12.7. The number of nitrogens with zero attached hydrogens (tertiary/aromatic N) is 2. The second-order valence-electron chi connectivity index (χ2n) is 8.88. The quantitative estimate of drug-likeness (QED) is 0.888. The maximum absolute atomic E-state index is 13.3. The Bertz CT molecular complexity index is 695. The lowest BCUT2D eigenvalue weighted by atomic mass is 9.96. The normalized spacial score (nSPS) is 29.0. The van der Waals surface area contributed by atoms with E-state index in [-0.39, 0.29) is 5.41 Å². The van der Waals surface area contributed by atoms with Crippen molar-refractivity contribution >= 4 is 11.6 Å². The molecule has 3 fully saturated rings. The number of likely N-dealkylation sites (tertiary alicyclic amines) is 1. The Balaban J connectivity index is 1.32. The van der Waals surface area contributed by atoms with Crippen molar-refractivity contribution in [2.75, 3.05) is 31.1 Å². The van der Waals surface area contributed by atoms with E-state index in [0.717, 1.165) is 51.4 Å². The minimum Gasteiger partial charge on any atom is -0.317 e. The van der Waals surface area contributed by atoms with Crippen molar-refractivity contribution in [1.29, 1.82) is 0 Å². The summed E-state index contributed by atoms with van der Waals surface area (Å²) in [7, 11) is 0. The number of carbonyl (C=O) groups excluding carboxylic acids is 1. The van der Waals surface area contributed by atoms with E-state index in [0.29, 0.717) is 11.9 Å². The summed E-state index contributed by atoms with van der Waals surface area (Å²) in [6.45, 7) is 6.77. The number of piperidine rings is 1. The molecule has 1 aromatic rings. The van der Waals surface area contributed by atoms with Crippen LogP contribution in [0.15, 0.2) is 18.2 Å². The Kier molecular flexibility index (Phi) is 4.09. The summed E-state index contributed by atoms with van der Waals surface area (Å²) in [5.74, 6) is 0.398. The van der Waals surface area contributed by atoms with Gasteiger partial charge in [-0.3, -0.25) is 4.79 Å². The predicted octanol–water partition coefficient (Wildman–Crippen LogP) is 2.98. The van der Waals surface area contributed by atoms with Crippen molar-refractivity contribution in [2.24, 2.45) is 0 Å². The molecule has 4 heteroatoms. The molecule has 1 saturated carbocycles. The number of anilines is 1. The smallest absolute Gasteiger partial charge is 0.237 e. The fourth-order valence-corrected chi connectivity index (χ4v) is 5.54. The van der Waals surface area contributed by atoms with Crippen LogP contribution in [0.1, 0.15) is 56.1 Å². The average Bonchev–Trinajstić information content (AvgIpc) is 3.45. The van der Waals surface area contributed by atoms with E-state index in [9.17, 15) is 4.79 Å². The molecule has 1 amide bonds. The van der Waals surface area contributed by atoms with Gasteiger partial charge in [0.2, 0.25) is 5.91 Å². The standard InChI is InChI=1S/C22H31N3O/c1-16-4-5-20-19(15-16)22(9-10-22)21(26)25(20)18-7-13-24(14-8-18)17-3-2-11-23-12-6-17/h4-5,15,17-18,23H,2-3,6-14H2,1H3. The second-order valence-corrected chi connectivity index (χ2v) is 8.88. The van der Waals surface area contributed by atoms with Crippen LogP contribution in [0.5, 0.6) is 0 Å². The highest BCUT2D eigenvalue weighted by atomic mass is 16.2. The summed E-state index contributed by atoms with van der Waals surface area (Å²) >= 11 is 0. The first kappa shape index (κ1) is 16.8. The van der Waals surface area contributed by atoms with E-state index in [1.54, 1.807) is 0 Å². The Morgan fingerprint density at radius 1 is 1.04 bits per heavy atom. The topological polar surface area (TPSA) is 35.6 Å². The van der Waals surface area contributed by atoms with Crippen LogP contribution < -0.4 is 10.2 Å². The van der Waals surface area contributed by atoms with Crippen LogP contribution in [0, 0.1) is 6.92 Å². The molecule has 1 N–H and O–H groups in total. The van der Waals surface area contributed by atoms with Gasteiger partial charge in [0, 0.05) is 30.9 Å². The summed E-state index contributed by atoms with van der Waals surface area (Å²) in [4.78, 5) is 18.2. The van der Waals surface area contributed by atoms with Crippen molar-refractivity contribution in [3.63, 3.8) is 0 Å². The third kappa shape index (κ3) is 2.61. The maximum Gasteiger partial charge on any atom is 0.237 e. The molecule has 3 heterocycles. The van der Waals surface area contributed by atoms with Crippen LogP contribution in [0.25, 0.3) is 0 Å². The number of hydrogen-bond donors (Lipinski definition) is 1. The van der Waals surface area contributed by atoms with Gasteiger partial charge in [-0.1, -0.05) is 17.7 Å². The van der Waals surface area contributed by atoms with Crippen LogP contribution in [-0.4, -0.2) is 49.1 Å². The van der Waals surface area contributed by atoms with Crippen LogP contribution in [0.4, 0.5) is 5.69 Å². The lowest BCUT2D eigenvalue weighted by Gasteiger charge is -2.40. The minimum atomic E-state index is -0.147. The summed E-state index contributed by atoms with van der Waals surface area (Å²) < 4.78 is 0. The van der Waals surface area contributed by atoms with Gasteiger partial charge in [0.05, 0.1) is 5.41 Å². The van der Waals surface area contributed by atoms with Crippen molar-refractivity contribution in [1.82, 2.24) is 10.2 Å². The van der Waals surface area contributed by atoms with E-state index < -0.39 is 0 Å². The van der Waals surface area contributed by atoms with Crippen LogP contribution in [0.3, 0.4) is 0 Å². The molecule has 1 spiro atoms. The third-order valence-electron chi connectivity index (χ3n) is 7.23. The first-order valence-electron chi connectivity index (χ1n) is 10.6. The molecule has 0 aromatic heterocycles. The number of nitrogens with one attached hydrogen (secondary N) is 1. The predicted molar refractivity (Wildman–Crippen MR) is 105 cm³/mol. The van der Waals surface area contributed by atoms with Crippen LogP contribution in [-0.2, 0) is 10.2 Å². The molecule has 1 atom stereocenters. The highest BCUT2D eigenvalue weighted by molar-refractivity contribution is 6.10. The largest absolute Gasteiger partial charge is 0.317 e. The van der Waals surface area contributed by atoms with Crippen molar-refractivity contribution < 1.29 is 4.79 Å². The third-order valence-corrected chi connectivity index (χ3v) is 7.23. The molecule has 4 nitrogen and oxygen atoms in total. The Hall–Kier alpha value is -1.39. The molecule has 1 unspecified atom stereocenters. The summed E-state index contributed by atoms with van der Waals surface area (Å²) in [5.41, 5.74) is 3.67. The highest BCUT2D eigenvalue weighted by Gasteiger charge is 2.60. The molecule has 5 rings (SSSR count). The number of amides is 1. The zero-order chi connectivity index (χ0) is 17.7. The Labute approximate surface area is 156 Å². The number of fused-ring (bicyclic) bond motifs is 2. The average molecular weight is 354 g/mol. The molecule has 2 saturated heterocycles. The van der Waals surface area contributed by atoms with Crippen molar-refractivity contribution in [3.8, 4) is 0 Å². The molecule has 4 aliphatic rings. The lowest BCUT2D eigenvalue weighted by Crippen LogP contribution is -2.50.